The summed E-state index contributed by atoms with van der Waals surface area (Å²) >= 11 is 0. The predicted octanol–water partition coefficient (Wildman–Crippen LogP) is 6.19. The Morgan fingerprint density at radius 3 is 0.969 bits per heavy atom. The number of rotatable bonds is 10. The second kappa shape index (κ2) is 17.7. The van der Waals surface area contributed by atoms with Crippen LogP contribution in [-0.2, 0) is 12.3 Å². The van der Waals surface area contributed by atoms with Crippen molar-refractivity contribution in [2.75, 3.05) is 37.0 Å². The Labute approximate surface area is 198 Å². The van der Waals surface area contributed by atoms with Gasteiger partial charge in [-0.25, -0.2) is 0 Å². The van der Waals surface area contributed by atoms with E-state index in [9.17, 15) is 4.32 Å². The average molecular weight is 480 g/mol. The highest BCUT2D eigenvalue weighted by atomic mass is 31.2. The van der Waals surface area contributed by atoms with E-state index in [1.165, 1.54) is 60.4 Å². The van der Waals surface area contributed by atoms with Crippen LogP contribution in [0.4, 0.5) is 4.32 Å². The summed E-state index contributed by atoms with van der Waals surface area (Å²) in [5.74, 6) is 0. The molecule has 32 heavy (non-hydrogen) atoms. The van der Waals surface area contributed by atoms with Crippen LogP contribution >= 0.6 is 14.5 Å². The smallest absolute Gasteiger partial charge is 0.121 e. The van der Waals surface area contributed by atoms with Crippen molar-refractivity contribution in [3.05, 3.63) is 71.8 Å². The molecule has 0 heterocycles. The summed E-state index contributed by atoms with van der Waals surface area (Å²) in [7, 11) is -4.49. The van der Waals surface area contributed by atoms with E-state index in [1.54, 1.807) is 0 Å². The first-order chi connectivity index (χ1) is 15.3. The second-order valence-electron chi connectivity index (χ2n) is 8.14. The number of hydrogen-bond donors (Lipinski definition) is 0. The molecule has 2 aromatic carbocycles. The Hall–Kier alpha value is -0.785. The lowest BCUT2D eigenvalue weighted by atomic mass is 10.2. The van der Waals surface area contributed by atoms with Crippen LogP contribution < -0.4 is 10.0 Å². The second-order valence-corrected chi connectivity index (χ2v) is 17.9. The zero-order chi connectivity index (χ0) is 24.5. The summed E-state index contributed by atoms with van der Waals surface area (Å²) in [6, 6.07) is 21.9. The fourth-order valence-corrected chi connectivity index (χ4v) is 9.95. The predicted molar refractivity (Wildman–Crippen MR) is 144 cm³/mol. The Morgan fingerprint density at radius 1 is 0.562 bits per heavy atom. The number of benzene rings is 2. The number of halogens is 1. The first-order valence-corrected chi connectivity index (χ1v) is 17.1. The molecule has 2 aromatic rings. The van der Waals surface area contributed by atoms with E-state index in [4.69, 9.17) is 10.0 Å². The molecule has 6 heteroatoms. The van der Waals surface area contributed by atoms with Gasteiger partial charge in [0.15, 0.2) is 0 Å². The maximum Gasteiger partial charge on any atom is 0.121 e. The van der Waals surface area contributed by atoms with Crippen molar-refractivity contribution in [2.24, 2.45) is 0 Å². The highest BCUT2D eigenvalue weighted by molar-refractivity contribution is 7.75. The Balaban J connectivity index is 0.000000515. The van der Waals surface area contributed by atoms with Gasteiger partial charge in [-0.3, -0.25) is 0 Å². The first-order valence-electron chi connectivity index (χ1n) is 12.0. The molecule has 0 N–H and O–H groups in total. The minimum Gasteiger partial charge on any atom is -0.867 e. The van der Waals surface area contributed by atoms with Gasteiger partial charge in [-0.05, 0) is 52.7 Å². The van der Waals surface area contributed by atoms with Gasteiger partial charge in [0.1, 0.15) is 7.40 Å². The van der Waals surface area contributed by atoms with Crippen molar-refractivity contribution < 1.29 is 14.4 Å². The van der Waals surface area contributed by atoms with Gasteiger partial charge in [-0.15, -0.1) is 0 Å². The zero-order valence-electron chi connectivity index (χ0n) is 21.1. The third-order valence-corrected chi connectivity index (χ3v) is 16.9. The van der Waals surface area contributed by atoms with E-state index in [1.807, 2.05) is 0 Å². The molecule has 0 saturated heterocycles. The molecule has 0 spiro atoms. The van der Waals surface area contributed by atoms with Crippen LogP contribution in [-0.4, -0.2) is 44.4 Å². The fourth-order valence-electron chi connectivity index (χ4n) is 3.95. The summed E-state index contributed by atoms with van der Waals surface area (Å²) in [5.41, 5.74) is 3.07. The van der Waals surface area contributed by atoms with E-state index >= 15 is 0 Å². The Bertz CT molecular complexity index is 602. The van der Waals surface area contributed by atoms with Gasteiger partial charge in [0.2, 0.25) is 0 Å². The summed E-state index contributed by atoms with van der Waals surface area (Å²) in [5, 5.41) is 16.6. The SMILES string of the molecule is CC[P+](CC)(CC)Cc1ccccc1.CC[P+](CC)(CC)Cc1ccccc1.[O-]B([O-])F. The maximum atomic E-state index is 9.89. The first kappa shape index (κ1) is 31.2. The summed E-state index contributed by atoms with van der Waals surface area (Å²) in [6.45, 7) is 14.2. The van der Waals surface area contributed by atoms with Crippen molar-refractivity contribution in [2.45, 2.75) is 53.9 Å². The monoisotopic (exact) mass is 480 g/mol. The zero-order valence-corrected chi connectivity index (χ0v) is 22.9. The van der Waals surface area contributed by atoms with Crippen LogP contribution in [0.5, 0.6) is 0 Å². The Morgan fingerprint density at radius 2 is 0.781 bits per heavy atom. The molecule has 0 atom stereocenters. The Kier molecular flexibility index (Phi) is 17.2. The molecule has 2 nitrogen and oxygen atoms in total. The van der Waals surface area contributed by atoms with Gasteiger partial charge in [0.05, 0.1) is 49.3 Å². The van der Waals surface area contributed by atoms with Crippen molar-refractivity contribution >= 4 is 21.9 Å². The quantitative estimate of drug-likeness (QED) is 0.301. The van der Waals surface area contributed by atoms with E-state index < -0.39 is 21.9 Å². The van der Waals surface area contributed by atoms with E-state index in [-0.39, 0.29) is 0 Å². The molecule has 0 aromatic heterocycles. The topological polar surface area (TPSA) is 46.1 Å². The minimum atomic E-state index is -3.17. The molecule has 0 bridgehead atoms. The molecular formula is C26H44BFO2P2. The molecule has 0 aliphatic carbocycles. The molecule has 0 amide bonds. The van der Waals surface area contributed by atoms with Crippen LogP contribution in [0.2, 0.25) is 0 Å². The van der Waals surface area contributed by atoms with Crippen molar-refractivity contribution in [1.29, 1.82) is 0 Å². The van der Waals surface area contributed by atoms with E-state index in [2.05, 4.69) is 102 Å². The van der Waals surface area contributed by atoms with Gasteiger partial charge in [-0.1, -0.05) is 60.7 Å². The third kappa shape index (κ3) is 12.5. The van der Waals surface area contributed by atoms with Gasteiger partial charge in [-0.2, -0.15) is 0 Å². The third-order valence-electron chi connectivity index (χ3n) is 6.75. The molecular weight excluding hydrogens is 436 g/mol. The fraction of sp³-hybridized carbons (Fsp3) is 0.538. The standard InChI is InChI=1S/2C13H22P.BFO2/c2*1-4-14(5-2,6-3)12-13-10-8-7-9-11-13;2-1(3)4/h2*7-11H,4-6,12H2,1-3H3;/q2*+1;-2. The molecule has 0 saturated carbocycles. The van der Waals surface area contributed by atoms with Crippen LogP contribution in [0.3, 0.4) is 0 Å². The van der Waals surface area contributed by atoms with Gasteiger partial charge in [0, 0.05) is 14.5 Å². The van der Waals surface area contributed by atoms with Crippen molar-refractivity contribution in [3.8, 4) is 0 Å². The van der Waals surface area contributed by atoms with E-state index in [0.717, 1.165) is 0 Å². The van der Waals surface area contributed by atoms with Crippen LogP contribution in [0.15, 0.2) is 60.7 Å². The maximum absolute atomic E-state index is 9.89. The highest BCUT2D eigenvalue weighted by Crippen LogP contribution is 2.61. The molecule has 0 aliphatic heterocycles. The molecule has 2 rings (SSSR count). The summed E-state index contributed by atoms with van der Waals surface area (Å²) in [6.07, 6.45) is 11.1. The largest absolute Gasteiger partial charge is 0.867 e. The van der Waals surface area contributed by atoms with Gasteiger partial charge in [0.25, 0.3) is 0 Å². The lowest BCUT2D eigenvalue weighted by molar-refractivity contribution is -0.366. The van der Waals surface area contributed by atoms with Gasteiger partial charge >= 0.3 is 0 Å². The van der Waals surface area contributed by atoms with Gasteiger partial charge < -0.3 is 14.4 Å². The van der Waals surface area contributed by atoms with Crippen molar-refractivity contribution in [3.63, 3.8) is 0 Å². The number of hydrogen-bond acceptors (Lipinski definition) is 2. The molecule has 0 radical (unpaired) electrons. The normalized spacial score (nSPS) is 11.0. The molecule has 0 fully saturated rings. The molecule has 0 aliphatic rings. The summed E-state index contributed by atoms with van der Waals surface area (Å²) < 4.78 is 9.89. The highest BCUT2D eigenvalue weighted by Gasteiger charge is 2.31. The lowest BCUT2D eigenvalue weighted by Crippen LogP contribution is -2.39. The summed E-state index contributed by atoms with van der Waals surface area (Å²) in [4.78, 5) is 0. The molecule has 180 valence electrons. The average Bonchev–Trinajstić information content (AvgIpc) is 2.83. The van der Waals surface area contributed by atoms with Crippen molar-refractivity contribution in [1.82, 2.24) is 0 Å². The van der Waals surface area contributed by atoms with Crippen LogP contribution in [0, 0.1) is 0 Å². The van der Waals surface area contributed by atoms with E-state index in [0.29, 0.717) is 0 Å². The van der Waals surface area contributed by atoms with Crippen LogP contribution in [0.1, 0.15) is 52.7 Å². The minimum absolute atomic E-state index is 0.661. The van der Waals surface area contributed by atoms with Crippen LogP contribution in [0.25, 0.3) is 0 Å². The molecule has 0 unspecified atom stereocenters. The lowest BCUT2D eigenvalue weighted by Gasteiger charge is -2.23.